The molecule has 1 fully saturated rings. The van der Waals surface area contributed by atoms with Gasteiger partial charge in [0.05, 0.1) is 31.5 Å². The Kier molecular flexibility index (Phi) is 11.1. The number of benzene rings is 3. The third-order valence-corrected chi connectivity index (χ3v) is 7.26. The van der Waals surface area contributed by atoms with Gasteiger partial charge >= 0.3 is 0 Å². The highest BCUT2D eigenvalue weighted by molar-refractivity contribution is 5.66. The highest BCUT2D eigenvalue weighted by Crippen LogP contribution is 2.38. The molecule has 3 nitrogen and oxygen atoms in total. The van der Waals surface area contributed by atoms with Crippen LogP contribution in [0.1, 0.15) is 81.4 Å². The molecule has 0 radical (unpaired) electrons. The van der Waals surface area contributed by atoms with Gasteiger partial charge in [-0.3, -0.25) is 0 Å². The number of ether oxygens (including phenoxy) is 3. The van der Waals surface area contributed by atoms with E-state index in [2.05, 4.69) is 43.3 Å². The van der Waals surface area contributed by atoms with Gasteiger partial charge in [-0.25, -0.2) is 13.2 Å². The topological polar surface area (TPSA) is 27.7 Å². The average Bonchev–Trinajstić information content (AvgIpc) is 2.97. The first-order valence-electron chi connectivity index (χ1n) is 14.4. The SMILES string of the molecule is CCCCOc1ccc(-c2ccc(/C=C/C3CCC(c4ccc(OCCCC)c(C(F)F)c4F)CO3)cc2)cc1. The fraction of sp³-hybridized carbons (Fsp3) is 0.412. The van der Waals surface area contributed by atoms with Crippen LogP contribution in [0.25, 0.3) is 17.2 Å². The highest BCUT2D eigenvalue weighted by atomic mass is 19.3. The maximum absolute atomic E-state index is 15.1. The van der Waals surface area contributed by atoms with Gasteiger partial charge in [0.2, 0.25) is 0 Å². The molecule has 1 heterocycles. The van der Waals surface area contributed by atoms with E-state index in [9.17, 15) is 8.78 Å². The van der Waals surface area contributed by atoms with Crippen molar-refractivity contribution in [2.24, 2.45) is 0 Å². The Morgan fingerprint density at radius 1 is 0.850 bits per heavy atom. The molecule has 2 atom stereocenters. The quantitative estimate of drug-likeness (QED) is 0.198. The second-order valence-electron chi connectivity index (χ2n) is 10.2. The summed E-state index contributed by atoms with van der Waals surface area (Å²) in [5, 5.41) is 0. The number of halogens is 3. The first-order valence-corrected chi connectivity index (χ1v) is 14.4. The molecule has 0 N–H and O–H groups in total. The fourth-order valence-corrected chi connectivity index (χ4v) is 4.82. The van der Waals surface area contributed by atoms with Gasteiger partial charge in [-0.1, -0.05) is 81.3 Å². The van der Waals surface area contributed by atoms with Gasteiger partial charge in [-0.05, 0) is 66.1 Å². The van der Waals surface area contributed by atoms with E-state index in [1.165, 1.54) is 6.07 Å². The molecule has 2 unspecified atom stereocenters. The molecular weight excluding hydrogens is 513 g/mol. The van der Waals surface area contributed by atoms with Crippen molar-refractivity contribution in [1.82, 2.24) is 0 Å². The smallest absolute Gasteiger partial charge is 0.270 e. The van der Waals surface area contributed by atoms with Crippen molar-refractivity contribution in [3.05, 3.63) is 89.2 Å². The second kappa shape index (κ2) is 14.9. The molecule has 0 bridgehead atoms. The van der Waals surface area contributed by atoms with Crippen LogP contribution in [-0.4, -0.2) is 25.9 Å². The summed E-state index contributed by atoms with van der Waals surface area (Å²) < 4.78 is 59.7. The lowest BCUT2D eigenvalue weighted by molar-refractivity contribution is 0.0321. The summed E-state index contributed by atoms with van der Waals surface area (Å²) in [5.41, 5.74) is 2.94. The largest absolute Gasteiger partial charge is 0.494 e. The zero-order chi connectivity index (χ0) is 28.3. The Bertz CT molecular complexity index is 1210. The number of hydrogen-bond acceptors (Lipinski definition) is 3. The van der Waals surface area contributed by atoms with Crippen molar-refractivity contribution in [2.75, 3.05) is 19.8 Å². The van der Waals surface area contributed by atoms with Gasteiger partial charge in [-0.15, -0.1) is 0 Å². The maximum Gasteiger partial charge on any atom is 0.270 e. The predicted octanol–water partition coefficient (Wildman–Crippen LogP) is 9.76. The number of rotatable bonds is 13. The lowest BCUT2D eigenvalue weighted by atomic mass is 9.89. The average molecular weight is 553 g/mol. The van der Waals surface area contributed by atoms with E-state index in [4.69, 9.17) is 14.2 Å². The summed E-state index contributed by atoms with van der Waals surface area (Å²) in [5.74, 6) is -0.321. The molecule has 0 aliphatic carbocycles. The molecule has 40 heavy (non-hydrogen) atoms. The molecule has 0 aromatic heterocycles. The lowest BCUT2D eigenvalue weighted by Crippen LogP contribution is -2.24. The molecule has 0 saturated carbocycles. The summed E-state index contributed by atoms with van der Waals surface area (Å²) in [6.07, 6.45) is 6.09. The van der Waals surface area contributed by atoms with Crippen molar-refractivity contribution in [3.63, 3.8) is 0 Å². The highest BCUT2D eigenvalue weighted by Gasteiger charge is 2.29. The van der Waals surface area contributed by atoms with Crippen molar-refractivity contribution in [1.29, 1.82) is 0 Å². The van der Waals surface area contributed by atoms with Crippen LogP contribution in [0.4, 0.5) is 13.2 Å². The zero-order valence-corrected chi connectivity index (χ0v) is 23.4. The summed E-state index contributed by atoms with van der Waals surface area (Å²) >= 11 is 0. The van der Waals surface area contributed by atoms with E-state index in [1.807, 2.05) is 31.2 Å². The molecule has 6 heteroatoms. The van der Waals surface area contributed by atoms with Gasteiger partial charge in [0.15, 0.2) is 0 Å². The first kappa shape index (κ1) is 29.7. The third-order valence-electron chi connectivity index (χ3n) is 7.26. The van der Waals surface area contributed by atoms with Gasteiger partial charge in [0.25, 0.3) is 6.43 Å². The van der Waals surface area contributed by atoms with Crippen LogP contribution in [0.3, 0.4) is 0 Å². The molecule has 3 aromatic carbocycles. The number of hydrogen-bond donors (Lipinski definition) is 0. The molecular formula is C34H39F3O3. The fourth-order valence-electron chi connectivity index (χ4n) is 4.82. The predicted molar refractivity (Wildman–Crippen MR) is 155 cm³/mol. The number of alkyl halides is 2. The third kappa shape index (κ3) is 7.91. The van der Waals surface area contributed by atoms with Crippen LogP contribution in [0, 0.1) is 5.82 Å². The lowest BCUT2D eigenvalue weighted by Gasteiger charge is -2.28. The summed E-state index contributed by atoms with van der Waals surface area (Å²) in [6.45, 7) is 5.43. The van der Waals surface area contributed by atoms with Crippen LogP contribution in [-0.2, 0) is 4.74 Å². The molecule has 0 amide bonds. The Morgan fingerprint density at radius 3 is 2.10 bits per heavy atom. The van der Waals surface area contributed by atoms with E-state index in [1.54, 1.807) is 6.07 Å². The number of unbranched alkanes of at least 4 members (excludes halogenated alkanes) is 2. The van der Waals surface area contributed by atoms with Crippen molar-refractivity contribution in [2.45, 2.75) is 70.8 Å². The van der Waals surface area contributed by atoms with Crippen molar-refractivity contribution in [3.8, 4) is 22.6 Å². The van der Waals surface area contributed by atoms with Crippen molar-refractivity contribution >= 4 is 6.08 Å². The summed E-state index contributed by atoms with van der Waals surface area (Å²) in [6, 6.07) is 19.5. The molecule has 1 aliphatic heterocycles. The molecule has 0 spiro atoms. The monoisotopic (exact) mass is 552 g/mol. The van der Waals surface area contributed by atoms with Crippen molar-refractivity contribution < 1.29 is 27.4 Å². The van der Waals surface area contributed by atoms with Gasteiger partial charge in [0, 0.05) is 5.92 Å². The van der Waals surface area contributed by atoms with E-state index < -0.39 is 17.8 Å². The summed E-state index contributed by atoms with van der Waals surface area (Å²) in [4.78, 5) is 0. The van der Waals surface area contributed by atoms with E-state index in [-0.39, 0.29) is 29.9 Å². The maximum atomic E-state index is 15.1. The van der Waals surface area contributed by atoms with Gasteiger partial charge in [-0.2, -0.15) is 0 Å². The molecule has 1 aliphatic rings. The summed E-state index contributed by atoms with van der Waals surface area (Å²) in [7, 11) is 0. The van der Waals surface area contributed by atoms with E-state index in [0.717, 1.165) is 54.7 Å². The van der Waals surface area contributed by atoms with Crippen LogP contribution in [0.2, 0.25) is 0 Å². The minimum atomic E-state index is -2.94. The normalized spacial score (nSPS) is 17.4. The molecule has 214 valence electrons. The second-order valence-corrected chi connectivity index (χ2v) is 10.2. The molecule has 3 aromatic rings. The first-order chi connectivity index (χ1) is 19.5. The van der Waals surface area contributed by atoms with Gasteiger partial charge in [0.1, 0.15) is 17.3 Å². The van der Waals surface area contributed by atoms with Crippen LogP contribution in [0.5, 0.6) is 11.5 Å². The van der Waals surface area contributed by atoms with E-state index >= 15 is 4.39 Å². The van der Waals surface area contributed by atoms with Gasteiger partial charge < -0.3 is 14.2 Å². The minimum Gasteiger partial charge on any atom is -0.494 e. The Hall–Kier alpha value is -3.25. The Morgan fingerprint density at radius 2 is 1.50 bits per heavy atom. The standard InChI is InChI=1S/C34H39F3O3/c1-3-5-21-38-28-16-12-26(13-17-28)25-10-7-24(8-11-25)9-15-29-18-14-27(23-40-29)30-19-20-31(39-22-6-4-2)32(33(30)35)34(36)37/h7-13,15-17,19-20,27,29,34H,3-6,14,18,21-23H2,1-2H3/b15-9+. The zero-order valence-electron chi connectivity index (χ0n) is 23.4. The van der Waals surface area contributed by atoms with E-state index in [0.29, 0.717) is 19.4 Å². The molecule has 1 saturated heterocycles. The Labute approximate surface area is 236 Å². The Balaban J connectivity index is 1.32. The van der Waals surface area contributed by atoms with Crippen LogP contribution >= 0.6 is 0 Å². The van der Waals surface area contributed by atoms with Crippen LogP contribution < -0.4 is 9.47 Å². The minimum absolute atomic E-state index is 0.0679. The molecule has 4 rings (SSSR count). The van der Waals surface area contributed by atoms with Crippen LogP contribution in [0.15, 0.2) is 66.7 Å².